The van der Waals surface area contributed by atoms with E-state index >= 15 is 0 Å². The number of methoxy groups -OCH3 is 2. The fraction of sp³-hybridized carbons (Fsp3) is 0.682. The zero-order chi connectivity index (χ0) is 19.6. The van der Waals surface area contributed by atoms with E-state index < -0.39 is 0 Å². The van der Waals surface area contributed by atoms with E-state index in [0.717, 1.165) is 56.9 Å². The lowest BCUT2D eigenvalue weighted by atomic mass is 9.79. The Morgan fingerprint density at radius 2 is 1.71 bits per heavy atom. The number of fused-ring (bicyclic) bond motifs is 2. The van der Waals surface area contributed by atoms with E-state index in [4.69, 9.17) is 14.2 Å². The molecular formula is C22H32N2O4. The van der Waals surface area contributed by atoms with Gasteiger partial charge in [-0.15, -0.1) is 0 Å². The minimum Gasteiger partial charge on any atom is -0.493 e. The molecule has 154 valence electrons. The van der Waals surface area contributed by atoms with Crippen molar-refractivity contribution in [3.63, 3.8) is 0 Å². The molecule has 1 amide bonds. The van der Waals surface area contributed by atoms with Gasteiger partial charge in [0.2, 0.25) is 5.91 Å². The number of amides is 1. The van der Waals surface area contributed by atoms with E-state index in [1.807, 2.05) is 4.90 Å². The first-order valence-corrected chi connectivity index (χ1v) is 10.5. The second-order valence-electron chi connectivity index (χ2n) is 8.17. The standard InChI is InChI=1S/C22H32N2O4/c1-26-19-14-17-6-13-28-22(18(17)15-20(19)27-2)7-11-24(12-8-22)21(25)16-23-9-4-3-5-10-23/h14-15H,3-13,16H2,1-2H3. The summed E-state index contributed by atoms with van der Waals surface area (Å²) < 4.78 is 17.3. The molecule has 0 bridgehead atoms. The van der Waals surface area contributed by atoms with Gasteiger partial charge in [-0.1, -0.05) is 6.42 Å². The van der Waals surface area contributed by atoms with Crippen LogP contribution < -0.4 is 9.47 Å². The maximum Gasteiger partial charge on any atom is 0.236 e. The molecule has 3 aliphatic rings. The van der Waals surface area contributed by atoms with Crippen molar-refractivity contribution in [2.75, 3.05) is 53.6 Å². The fourth-order valence-corrected chi connectivity index (χ4v) is 4.93. The lowest BCUT2D eigenvalue weighted by Crippen LogP contribution is -2.50. The summed E-state index contributed by atoms with van der Waals surface area (Å²) in [5, 5.41) is 0. The van der Waals surface area contributed by atoms with Gasteiger partial charge in [0.25, 0.3) is 0 Å². The molecule has 6 nitrogen and oxygen atoms in total. The average molecular weight is 389 g/mol. The van der Waals surface area contributed by atoms with Crippen molar-refractivity contribution in [2.45, 2.75) is 44.1 Å². The molecule has 3 aliphatic heterocycles. The molecule has 0 aromatic heterocycles. The smallest absolute Gasteiger partial charge is 0.236 e. The van der Waals surface area contributed by atoms with Gasteiger partial charge in [0.05, 0.1) is 33.0 Å². The molecule has 0 saturated carbocycles. The summed E-state index contributed by atoms with van der Waals surface area (Å²) in [6.07, 6.45) is 6.28. The zero-order valence-corrected chi connectivity index (χ0v) is 17.2. The number of rotatable bonds is 4. The molecule has 1 spiro atoms. The number of nitrogens with zero attached hydrogens (tertiary/aromatic N) is 2. The number of hydrogen-bond donors (Lipinski definition) is 0. The first-order valence-electron chi connectivity index (χ1n) is 10.5. The maximum atomic E-state index is 12.8. The average Bonchev–Trinajstić information content (AvgIpc) is 2.74. The number of benzene rings is 1. The van der Waals surface area contributed by atoms with Gasteiger partial charge in [-0.3, -0.25) is 9.69 Å². The van der Waals surface area contributed by atoms with Crippen LogP contribution >= 0.6 is 0 Å². The Morgan fingerprint density at radius 1 is 1.04 bits per heavy atom. The molecule has 1 aromatic rings. The maximum absolute atomic E-state index is 12.8. The molecule has 2 fully saturated rings. The summed E-state index contributed by atoms with van der Waals surface area (Å²) in [5.74, 6) is 1.78. The van der Waals surface area contributed by atoms with E-state index in [0.29, 0.717) is 13.2 Å². The molecule has 2 saturated heterocycles. The second kappa shape index (κ2) is 8.29. The van der Waals surface area contributed by atoms with Crippen LogP contribution in [0.3, 0.4) is 0 Å². The third kappa shape index (κ3) is 3.72. The van der Waals surface area contributed by atoms with Crippen LogP contribution in [0.5, 0.6) is 11.5 Å². The minimum atomic E-state index is -0.310. The Balaban J connectivity index is 1.46. The van der Waals surface area contributed by atoms with Crippen molar-refractivity contribution in [3.8, 4) is 11.5 Å². The highest BCUT2D eigenvalue weighted by molar-refractivity contribution is 5.78. The van der Waals surface area contributed by atoms with E-state index in [1.165, 1.54) is 30.4 Å². The Labute approximate surface area is 167 Å². The normalized spacial score (nSPS) is 22.0. The van der Waals surface area contributed by atoms with Crippen molar-refractivity contribution in [1.82, 2.24) is 9.80 Å². The Hall–Kier alpha value is -1.79. The summed E-state index contributed by atoms with van der Waals surface area (Å²) in [7, 11) is 3.34. The Morgan fingerprint density at radius 3 is 2.39 bits per heavy atom. The topological polar surface area (TPSA) is 51.2 Å². The van der Waals surface area contributed by atoms with Crippen LogP contribution in [0.4, 0.5) is 0 Å². The van der Waals surface area contributed by atoms with Gasteiger partial charge >= 0.3 is 0 Å². The van der Waals surface area contributed by atoms with Crippen molar-refractivity contribution in [1.29, 1.82) is 0 Å². The first-order chi connectivity index (χ1) is 13.6. The third-order valence-electron chi connectivity index (χ3n) is 6.58. The van der Waals surface area contributed by atoms with Crippen LogP contribution in [0.1, 0.15) is 43.2 Å². The predicted molar refractivity (Wildman–Crippen MR) is 107 cm³/mol. The number of ether oxygens (including phenoxy) is 3. The molecule has 28 heavy (non-hydrogen) atoms. The van der Waals surface area contributed by atoms with Crippen LogP contribution in [0, 0.1) is 0 Å². The predicted octanol–water partition coefficient (Wildman–Crippen LogP) is 2.58. The molecule has 0 radical (unpaired) electrons. The molecule has 0 aliphatic carbocycles. The Bertz CT molecular complexity index is 707. The van der Waals surface area contributed by atoms with E-state index in [9.17, 15) is 4.79 Å². The van der Waals surface area contributed by atoms with Crippen LogP contribution in [-0.4, -0.2) is 69.3 Å². The highest BCUT2D eigenvalue weighted by Gasteiger charge is 2.42. The molecule has 0 unspecified atom stereocenters. The zero-order valence-electron chi connectivity index (χ0n) is 17.2. The van der Waals surface area contributed by atoms with Crippen LogP contribution in [0.15, 0.2) is 12.1 Å². The SMILES string of the molecule is COc1cc2c(cc1OC)C1(CCN(C(=O)CN3CCCCC3)CC1)OCC2. The minimum absolute atomic E-state index is 0.264. The van der Waals surface area contributed by atoms with Crippen LogP contribution in [0.25, 0.3) is 0 Å². The summed E-state index contributed by atoms with van der Waals surface area (Å²) >= 11 is 0. The van der Waals surface area contributed by atoms with Crippen molar-refractivity contribution in [3.05, 3.63) is 23.3 Å². The number of likely N-dealkylation sites (tertiary alicyclic amines) is 2. The van der Waals surface area contributed by atoms with Gasteiger partial charge in [-0.2, -0.15) is 0 Å². The Kier molecular flexibility index (Phi) is 5.78. The number of carbonyl (C=O) groups excluding carboxylic acids is 1. The summed E-state index contributed by atoms with van der Waals surface area (Å²) in [6.45, 7) is 4.89. The van der Waals surface area contributed by atoms with Crippen molar-refractivity contribution in [2.24, 2.45) is 0 Å². The number of carbonyl (C=O) groups is 1. The molecule has 0 N–H and O–H groups in total. The van der Waals surface area contributed by atoms with Gasteiger partial charge in [0.15, 0.2) is 11.5 Å². The highest BCUT2D eigenvalue weighted by Crippen LogP contribution is 2.45. The molecule has 0 atom stereocenters. The molecule has 4 rings (SSSR count). The molecule has 1 aromatic carbocycles. The largest absolute Gasteiger partial charge is 0.493 e. The summed E-state index contributed by atoms with van der Waals surface area (Å²) in [5.41, 5.74) is 2.17. The van der Waals surface area contributed by atoms with E-state index in [1.54, 1.807) is 14.2 Å². The first kappa shape index (κ1) is 19.5. The molecule has 6 heteroatoms. The number of hydrogen-bond acceptors (Lipinski definition) is 5. The highest BCUT2D eigenvalue weighted by atomic mass is 16.5. The monoisotopic (exact) mass is 388 g/mol. The summed E-state index contributed by atoms with van der Waals surface area (Å²) in [4.78, 5) is 17.1. The summed E-state index contributed by atoms with van der Waals surface area (Å²) in [6, 6.07) is 4.17. The van der Waals surface area contributed by atoms with Crippen molar-refractivity contribution >= 4 is 5.91 Å². The lowest BCUT2D eigenvalue weighted by Gasteiger charge is -2.45. The van der Waals surface area contributed by atoms with Gasteiger partial charge in [-0.25, -0.2) is 0 Å². The molecular weight excluding hydrogens is 356 g/mol. The van der Waals surface area contributed by atoms with E-state index in [2.05, 4.69) is 17.0 Å². The second-order valence-corrected chi connectivity index (χ2v) is 8.17. The fourth-order valence-electron chi connectivity index (χ4n) is 4.93. The third-order valence-corrected chi connectivity index (χ3v) is 6.58. The van der Waals surface area contributed by atoms with Gasteiger partial charge in [-0.05, 0) is 68.5 Å². The van der Waals surface area contributed by atoms with Crippen LogP contribution in [0.2, 0.25) is 0 Å². The number of piperidine rings is 2. The van der Waals surface area contributed by atoms with Crippen molar-refractivity contribution < 1.29 is 19.0 Å². The van der Waals surface area contributed by atoms with E-state index in [-0.39, 0.29) is 11.5 Å². The quantitative estimate of drug-likeness (QED) is 0.794. The van der Waals surface area contributed by atoms with Gasteiger partial charge < -0.3 is 19.1 Å². The molecule has 3 heterocycles. The van der Waals surface area contributed by atoms with Gasteiger partial charge in [0, 0.05) is 13.1 Å². The lowest BCUT2D eigenvalue weighted by molar-refractivity contribution is -0.142. The van der Waals surface area contributed by atoms with Crippen LogP contribution in [-0.2, 0) is 21.6 Å². The van der Waals surface area contributed by atoms with Gasteiger partial charge in [0.1, 0.15) is 0 Å².